The number of hydrogen-bond acceptors (Lipinski definition) is 6. The lowest BCUT2D eigenvalue weighted by atomic mass is 9.90. The number of rotatable bonds is 6. The SMILES string of the molecule is COC(=O)c1cc(C(F)(F)F)c(OCc2ccccc2)cc1OB1OC(C)(C)C(C)(C)O1. The number of ether oxygens (including phenoxy) is 2. The van der Waals surface area contributed by atoms with E-state index in [1.54, 1.807) is 58.0 Å². The Labute approximate surface area is 184 Å². The lowest BCUT2D eigenvalue weighted by molar-refractivity contribution is -0.139. The molecular formula is C22H24BF3O6. The van der Waals surface area contributed by atoms with E-state index in [-0.39, 0.29) is 12.4 Å². The van der Waals surface area contributed by atoms with Crippen molar-refractivity contribution in [1.82, 2.24) is 0 Å². The van der Waals surface area contributed by atoms with Crippen LogP contribution in [0, 0.1) is 0 Å². The molecule has 0 saturated carbocycles. The van der Waals surface area contributed by atoms with Crippen LogP contribution in [-0.4, -0.2) is 31.6 Å². The number of carbonyl (C=O) groups is 1. The third-order valence-electron chi connectivity index (χ3n) is 5.48. The molecule has 0 bridgehead atoms. The molecule has 32 heavy (non-hydrogen) atoms. The summed E-state index contributed by atoms with van der Waals surface area (Å²) in [7, 11) is -0.185. The van der Waals surface area contributed by atoms with Crippen molar-refractivity contribution >= 4 is 13.3 Å². The van der Waals surface area contributed by atoms with E-state index in [4.69, 9.17) is 18.7 Å². The lowest BCUT2D eigenvalue weighted by Crippen LogP contribution is -2.41. The number of methoxy groups -OCH3 is 1. The van der Waals surface area contributed by atoms with Gasteiger partial charge in [-0.1, -0.05) is 30.3 Å². The number of benzene rings is 2. The molecule has 1 aliphatic rings. The van der Waals surface area contributed by atoms with Gasteiger partial charge in [-0.25, -0.2) is 4.79 Å². The van der Waals surface area contributed by atoms with Crippen molar-refractivity contribution < 1.29 is 41.4 Å². The number of carbonyl (C=O) groups excluding carboxylic acids is 1. The molecule has 1 saturated heterocycles. The molecule has 1 heterocycles. The van der Waals surface area contributed by atoms with Crippen LogP contribution in [0.4, 0.5) is 13.2 Å². The molecule has 0 aromatic heterocycles. The van der Waals surface area contributed by atoms with Crippen molar-refractivity contribution in [3.05, 3.63) is 59.2 Å². The second-order valence-electron chi connectivity index (χ2n) is 8.27. The first-order valence-electron chi connectivity index (χ1n) is 9.86. The molecule has 0 aliphatic carbocycles. The minimum absolute atomic E-state index is 0.114. The summed E-state index contributed by atoms with van der Waals surface area (Å²) in [5.74, 6) is -1.72. The van der Waals surface area contributed by atoms with Crippen LogP contribution in [-0.2, 0) is 26.8 Å². The van der Waals surface area contributed by atoms with Crippen LogP contribution in [0.3, 0.4) is 0 Å². The molecule has 0 unspecified atom stereocenters. The van der Waals surface area contributed by atoms with E-state index in [1.807, 2.05) is 0 Å². The van der Waals surface area contributed by atoms with Crippen LogP contribution < -0.4 is 9.39 Å². The van der Waals surface area contributed by atoms with Crippen LogP contribution in [0.25, 0.3) is 0 Å². The van der Waals surface area contributed by atoms with Gasteiger partial charge >= 0.3 is 19.5 Å². The highest BCUT2D eigenvalue weighted by Gasteiger charge is 2.54. The average molecular weight is 452 g/mol. The topological polar surface area (TPSA) is 63.2 Å². The standard InChI is InChI=1S/C22H24BF3O6/c1-20(2)21(3,4)32-23(31-20)30-17-12-18(29-13-14-9-7-6-8-10-14)16(22(24,25)26)11-15(17)19(27)28-5/h6-12H,13H2,1-5H3. The maximum atomic E-state index is 13.7. The van der Waals surface area contributed by atoms with Gasteiger partial charge < -0.3 is 23.4 Å². The van der Waals surface area contributed by atoms with Crippen molar-refractivity contribution in [2.24, 2.45) is 0 Å². The molecule has 0 spiro atoms. The molecule has 1 fully saturated rings. The fraction of sp³-hybridized carbons (Fsp3) is 0.409. The summed E-state index contributed by atoms with van der Waals surface area (Å²) in [6.45, 7) is 7.05. The summed E-state index contributed by atoms with van der Waals surface area (Å²) in [6.07, 6.45) is -4.78. The zero-order chi connectivity index (χ0) is 23.7. The van der Waals surface area contributed by atoms with E-state index in [2.05, 4.69) is 4.74 Å². The van der Waals surface area contributed by atoms with Gasteiger partial charge in [0.1, 0.15) is 23.7 Å². The quantitative estimate of drug-likeness (QED) is 0.452. The third kappa shape index (κ3) is 5.02. The minimum Gasteiger partial charge on any atom is -0.511 e. The van der Waals surface area contributed by atoms with Gasteiger partial charge in [-0.05, 0) is 39.3 Å². The van der Waals surface area contributed by atoms with Gasteiger partial charge in [-0.3, -0.25) is 0 Å². The van der Waals surface area contributed by atoms with E-state index in [0.717, 1.165) is 13.2 Å². The molecule has 10 heteroatoms. The Kier molecular flexibility index (Phi) is 6.48. The molecule has 0 amide bonds. The molecule has 3 rings (SSSR count). The van der Waals surface area contributed by atoms with Crippen molar-refractivity contribution in [3.8, 4) is 11.5 Å². The Morgan fingerprint density at radius 3 is 2.12 bits per heavy atom. The van der Waals surface area contributed by atoms with Crippen molar-refractivity contribution in [3.63, 3.8) is 0 Å². The van der Waals surface area contributed by atoms with Gasteiger partial charge in [0.25, 0.3) is 0 Å². The summed E-state index contributed by atoms with van der Waals surface area (Å²) in [6, 6.07) is 10.4. The van der Waals surface area contributed by atoms with Crippen LogP contribution >= 0.6 is 0 Å². The molecule has 172 valence electrons. The third-order valence-corrected chi connectivity index (χ3v) is 5.48. The molecule has 1 aliphatic heterocycles. The van der Waals surface area contributed by atoms with E-state index in [1.165, 1.54) is 0 Å². The number of halogens is 3. The van der Waals surface area contributed by atoms with Crippen molar-refractivity contribution in [2.45, 2.75) is 51.7 Å². The highest BCUT2D eigenvalue weighted by Crippen LogP contribution is 2.42. The van der Waals surface area contributed by atoms with Gasteiger partial charge in [0.2, 0.25) is 0 Å². The summed E-state index contributed by atoms with van der Waals surface area (Å²) in [5, 5.41) is 0. The van der Waals surface area contributed by atoms with E-state index >= 15 is 0 Å². The first-order valence-corrected chi connectivity index (χ1v) is 9.86. The van der Waals surface area contributed by atoms with Gasteiger partial charge in [-0.2, -0.15) is 13.2 Å². The van der Waals surface area contributed by atoms with E-state index in [9.17, 15) is 18.0 Å². The van der Waals surface area contributed by atoms with Crippen LogP contribution in [0.1, 0.15) is 49.2 Å². The van der Waals surface area contributed by atoms with Gasteiger partial charge in [0, 0.05) is 6.07 Å². The maximum Gasteiger partial charge on any atom is 0.714 e. The van der Waals surface area contributed by atoms with Crippen LogP contribution in [0.15, 0.2) is 42.5 Å². The minimum atomic E-state index is -4.78. The summed E-state index contributed by atoms with van der Waals surface area (Å²) in [4.78, 5) is 12.2. The Morgan fingerprint density at radius 2 is 1.59 bits per heavy atom. The zero-order valence-corrected chi connectivity index (χ0v) is 18.4. The second kappa shape index (κ2) is 8.67. The average Bonchev–Trinajstić information content (AvgIpc) is 2.91. The molecular weight excluding hydrogens is 428 g/mol. The normalized spacial score (nSPS) is 17.2. The Hall–Kier alpha value is -2.72. The molecule has 0 N–H and O–H groups in total. The van der Waals surface area contributed by atoms with Crippen LogP contribution in [0.2, 0.25) is 0 Å². The van der Waals surface area contributed by atoms with Gasteiger partial charge in [0.05, 0.1) is 23.9 Å². The highest BCUT2D eigenvalue weighted by atomic mass is 19.4. The largest absolute Gasteiger partial charge is 0.714 e. The first kappa shape index (κ1) is 23.9. The van der Waals surface area contributed by atoms with E-state index in [0.29, 0.717) is 11.6 Å². The number of hydrogen-bond donors (Lipinski definition) is 0. The Bertz CT molecular complexity index is 960. The molecule has 2 aromatic rings. The second-order valence-corrected chi connectivity index (χ2v) is 8.27. The summed E-state index contributed by atoms with van der Waals surface area (Å²) in [5.41, 5.74) is -2.38. The molecule has 0 atom stereocenters. The van der Waals surface area contributed by atoms with Crippen LogP contribution in [0.5, 0.6) is 11.5 Å². The fourth-order valence-corrected chi connectivity index (χ4v) is 2.95. The van der Waals surface area contributed by atoms with Crippen molar-refractivity contribution in [1.29, 1.82) is 0 Å². The maximum absolute atomic E-state index is 13.7. The number of esters is 1. The molecule has 6 nitrogen and oxygen atoms in total. The van der Waals surface area contributed by atoms with Crippen molar-refractivity contribution in [2.75, 3.05) is 7.11 Å². The molecule has 0 radical (unpaired) electrons. The predicted molar refractivity (Wildman–Crippen MR) is 110 cm³/mol. The predicted octanol–water partition coefficient (Wildman–Crippen LogP) is 5.04. The highest BCUT2D eigenvalue weighted by molar-refractivity contribution is 6.38. The van der Waals surface area contributed by atoms with Gasteiger partial charge in [-0.15, -0.1) is 0 Å². The fourth-order valence-electron chi connectivity index (χ4n) is 2.95. The molecule has 2 aromatic carbocycles. The number of alkyl halides is 3. The van der Waals surface area contributed by atoms with E-state index < -0.39 is 47.5 Å². The summed E-state index contributed by atoms with van der Waals surface area (Å²) >= 11 is 0. The zero-order valence-electron chi connectivity index (χ0n) is 18.4. The first-order chi connectivity index (χ1) is 14.8. The lowest BCUT2D eigenvalue weighted by Gasteiger charge is -2.31. The Morgan fingerprint density at radius 1 is 1.00 bits per heavy atom. The summed E-state index contributed by atoms with van der Waals surface area (Å²) < 4.78 is 68.5. The Balaban J connectivity index is 1.99. The smallest absolute Gasteiger partial charge is 0.511 e. The van der Waals surface area contributed by atoms with Gasteiger partial charge in [0.15, 0.2) is 0 Å². The monoisotopic (exact) mass is 452 g/mol.